The van der Waals surface area contributed by atoms with Crippen molar-refractivity contribution in [2.75, 3.05) is 20.6 Å². The molecule has 0 saturated carbocycles. The number of aromatic nitrogens is 2. The highest BCUT2D eigenvalue weighted by atomic mass is 32.2. The van der Waals surface area contributed by atoms with Gasteiger partial charge in [0, 0.05) is 32.4 Å². The summed E-state index contributed by atoms with van der Waals surface area (Å²) in [6, 6.07) is 14.7. The minimum Gasteiger partial charge on any atom is -0.340 e. The third kappa shape index (κ3) is 4.77. The molecule has 0 N–H and O–H groups in total. The second-order valence-electron chi connectivity index (χ2n) is 7.39. The van der Waals surface area contributed by atoms with Gasteiger partial charge in [-0.05, 0) is 49.2 Å². The standard InChI is InChI=1S/C22H26N4O3S/c1-17-10-11-21(12-18(17)2)30(28,29)25(4)16-22(27)24(3)14-19-13-23-26(15-19)20-8-6-5-7-9-20/h5-13,15H,14,16H2,1-4H3. The fourth-order valence-electron chi connectivity index (χ4n) is 2.98. The number of benzene rings is 2. The largest absolute Gasteiger partial charge is 0.340 e. The van der Waals surface area contributed by atoms with E-state index in [0.29, 0.717) is 6.54 Å². The van der Waals surface area contributed by atoms with Crippen molar-refractivity contribution in [1.29, 1.82) is 0 Å². The van der Waals surface area contributed by atoms with Crippen molar-refractivity contribution in [3.63, 3.8) is 0 Å². The molecule has 1 amide bonds. The first kappa shape index (κ1) is 21.7. The van der Waals surface area contributed by atoms with E-state index in [0.717, 1.165) is 26.7 Å². The Hall–Kier alpha value is -2.97. The van der Waals surface area contributed by atoms with Gasteiger partial charge in [0.25, 0.3) is 0 Å². The lowest BCUT2D eigenvalue weighted by Crippen LogP contribution is -2.39. The van der Waals surface area contributed by atoms with Gasteiger partial charge in [-0.1, -0.05) is 24.3 Å². The summed E-state index contributed by atoms with van der Waals surface area (Å²) in [5.74, 6) is -0.294. The maximum Gasteiger partial charge on any atom is 0.243 e. The molecule has 7 nitrogen and oxygen atoms in total. The summed E-state index contributed by atoms with van der Waals surface area (Å²) >= 11 is 0. The van der Waals surface area contributed by atoms with Crippen LogP contribution in [0.1, 0.15) is 16.7 Å². The maximum atomic E-state index is 12.8. The highest BCUT2D eigenvalue weighted by Gasteiger charge is 2.24. The number of rotatable bonds is 7. The Morgan fingerprint density at radius 1 is 1.03 bits per heavy atom. The summed E-state index contributed by atoms with van der Waals surface area (Å²) in [4.78, 5) is 14.3. The molecule has 0 bridgehead atoms. The number of sulfonamides is 1. The van der Waals surface area contributed by atoms with E-state index >= 15 is 0 Å². The van der Waals surface area contributed by atoms with Crippen LogP contribution in [-0.4, -0.2) is 54.0 Å². The van der Waals surface area contributed by atoms with Gasteiger partial charge in [-0.2, -0.15) is 9.40 Å². The highest BCUT2D eigenvalue weighted by molar-refractivity contribution is 7.89. The molecule has 2 aromatic carbocycles. The average molecular weight is 427 g/mol. The lowest BCUT2D eigenvalue weighted by Gasteiger charge is -2.21. The minimum absolute atomic E-state index is 0.188. The molecule has 0 saturated heterocycles. The molecule has 158 valence electrons. The Balaban J connectivity index is 1.65. The molecule has 0 aliphatic rings. The van der Waals surface area contributed by atoms with Crippen LogP contribution in [0.25, 0.3) is 5.69 Å². The van der Waals surface area contributed by atoms with Crippen LogP contribution in [0.15, 0.2) is 65.8 Å². The number of hydrogen-bond donors (Lipinski definition) is 0. The van der Waals surface area contributed by atoms with Gasteiger partial charge in [0.1, 0.15) is 0 Å². The van der Waals surface area contributed by atoms with Crippen LogP contribution in [0.4, 0.5) is 0 Å². The van der Waals surface area contributed by atoms with Gasteiger partial charge in [0.2, 0.25) is 15.9 Å². The second-order valence-corrected chi connectivity index (χ2v) is 9.43. The number of aryl methyl sites for hydroxylation is 2. The van der Waals surface area contributed by atoms with Crippen LogP contribution in [-0.2, 0) is 21.4 Å². The number of carbonyl (C=O) groups excluding carboxylic acids is 1. The highest BCUT2D eigenvalue weighted by Crippen LogP contribution is 2.18. The fourth-order valence-corrected chi connectivity index (χ4v) is 4.18. The molecule has 0 aliphatic heterocycles. The molecule has 8 heteroatoms. The predicted octanol–water partition coefficient (Wildman–Crippen LogP) is 2.77. The summed E-state index contributed by atoms with van der Waals surface area (Å²) < 4.78 is 28.5. The normalized spacial score (nSPS) is 11.6. The zero-order valence-corrected chi connectivity index (χ0v) is 18.4. The number of nitrogens with zero attached hydrogens (tertiary/aromatic N) is 4. The van der Waals surface area contributed by atoms with E-state index in [4.69, 9.17) is 0 Å². The van der Waals surface area contributed by atoms with E-state index in [9.17, 15) is 13.2 Å². The van der Waals surface area contributed by atoms with E-state index in [1.165, 1.54) is 11.9 Å². The quantitative estimate of drug-likeness (QED) is 0.582. The lowest BCUT2D eigenvalue weighted by atomic mass is 10.1. The first-order valence-electron chi connectivity index (χ1n) is 9.55. The first-order chi connectivity index (χ1) is 14.2. The Bertz CT molecular complexity index is 1140. The fraction of sp³-hybridized carbons (Fsp3) is 0.273. The summed E-state index contributed by atoms with van der Waals surface area (Å²) in [5.41, 5.74) is 3.69. The van der Waals surface area contributed by atoms with Crippen molar-refractivity contribution in [2.45, 2.75) is 25.3 Å². The molecule has 0 unspecified atom stereocenters. The second kappa shape index (κ2) is 8.81. The molecule has 30 heavy (non-hydrogen) atoms. The van der Waals surface area contributed by atoms with E-state index in [1.54, 1.807) is 36.1 Å². The first-order valence-corrected chi connectivity index (χ1v) is 11.0. The Morgan fingerprint density at radius 2 is 1.73 bits per heavy atom. The van der Waals surface area contributed by atoms with Crippen LogP contribution in [0.3, 0.4) is 0 Å². The van der Waals surface area contributed by atoms with Crippen molar-refractivity contribution < 1.29 is 13.2 Å². The van der Waals surface area contributed by atoms with Gasteiger partial charge < -0.3 is 4.90 Å². The number of hydrogen-bond acceptors (Lipinski definition) is 4. The van der Waals surface area contributed by atoms with Crippen LogP contribution in [0.5, 0.6) is 0 Å². The van der Waals surface area contributed by atoms with E-state index in [1.807, 2.05) is 50.4 Å². The van der Waals surface area contributed by atoms with E-state index in [2.05, 4.69) is 5.10 Å². The van der Waals surface area contributed by atoms with Crippen LogP contribution in [0.2, 0.25) is 0 Å². The Labute approximate surface area is 177 Å². The maximum absolute atomic E-state index is 12.8. The van der Waals surface area contributed by atoms with Crippen molar-refractivity contribution in [1.82, 2.24) is 19.0 Å². The Kier molecular flexibility index (Phi) is 6.38. The molecular weight excluding hydrogens is 400 g/mol. The number of likely N-dealkylation sites (N-methyl/N-ethyl adjacent to an activating group) is 2. The molecule has 0 fully saturated rings. The van der Waals surface area contributed by atoms with Gasteiger partial charge in [0.15, 0.2) is 0 Å². The summed E-state index contributed by atoms with van der Waals surface area (Å²) in [6.07, 6.45) is 3.56. The van der Waals surface area contributed by atoms with E-state index < -0.39 is 10.0 Å². The third-order valence-electron chi connectivity index (χ3n) is 5.05. The van der Waals surface area contributed by atoms with Gasteiger partial charge in [-0.25, -0.2) is 13.1 Å². The van der Waals surface area contributed by atoms with Crippen molar-refractivity contribution in [3.05, 3.63) is 77.6 Å². The smallest absolute Gasteiger partial charge is 0.243 e. The molecule has 3 rings (SSSR count). The number of amides is 1. The molecule has 1 aromatic heterocycles. The molecule has 0 spiro atoms. The molecule has 3 aromatic rings. The third-order valence-corrected chi connectivity index (χ3v) is 6.85. The average Bonchev–Trinajstić information content (AvgIpc) is 3.19. The van der Waals surface area contributed by atoms with Crippen LogP contribution < -0.4 is 0 Å². The zero-order chi connectivity index (χ0) is 21.9. The number of carbonyl (C=O) groups is 1. The number of para-hydroxylation sites is 1. The summed E-state index contributed by atoms with van der Waals surface area (Å²) in [7, 11) is -0.670. The van der Waals surface area contributed by atoms with Crippen LogP contribution >= 0.6 is 0 Å². The topological polar surface area (TPSA) is 75.5 Å². The summed E-state index contributed by atoms with van der Waals surface area (Å²) in [6.45, 7) is 3.89. The van der Waals surface area contributed by atoms with Gasteiger partial charge in [-0.15, -0.1) is 0 Å². The molecule has 1 heterocycles. The van der Waals surface area contributed by atoms with Gasteiger partial charge in [0.05, 0.1) is 23.3 Å². The van der Waals surface area contributed by atoms with Crippen molar-refractivity contribution >= 4 is 15.9 Å². The molecular formula is C22H26N4O3S. The molecule has 0 atom stereocenters. The van der Waals surface area contributed by atoms with Gasteiger partial charge in [-0.3, -0.25) is 4.79 Å². The molecule has 0 aliphatic carbocycles. The minimum atomic E-state index is -3.74. The Morgan fingerprint density at radius 3 is 2.40 bits per heavy atom. The van der Waals surface area contributed by atoms with E-state index in [-0.39, 0.29) is 17.3 Å². The van der Waals surface area contributed by atoms with Crippen molar-refractivity contribution in [2.24, 2.45) is 0 Å². The lowest BCUT2D eigenvalue weighted by molar-refractivity contribution is -0.130. The van der Waals surface area contributed by atoms with Gasteiger partial charge >= 0.3 is 0 Å². The monoisotopic (exact) mass is 426 g/mol. The zero-order valence-electron chi connectivity index (χ0n) is 17.6. The summed E-state index contributed by atoms with van der Waals surface area (Å²) in [5, 5.41) is 4.33. The predicted molar refractivity (Wildman–Crippen MR) is 116 cm³/mol. The van der Waals surface area contributed by atoms with Crippen LogP contribution in [0, 0.1) is 13.8 Å². The molecule has 0 radical (unpaired) electrons. The SMILES string of the molecule is Cc1ccc(S(=O)(=O)N(C)CC(=O)N(C)Cc2cnn(-c3ccccc3)c2)cc1C. The van der Waals surface area contributed by atoms with Crippen molar-refractivity contribution in [3.8, 4) is 5.69 Å².